The standard InChI is InChI=1S/C18H18N3O3PS/c19-13-1-7-16(8-2-13)22-25(26,23-17-9-3-14(20)4-10-17)24-18-11-5-15(21)6-12-18/h1-12H,19-21H2. The summed E-state index contributed by atoms with van der Waals surface area (Å²) in [5.41, 5.74) is 19.0. The topological polar surface area (TPSA) is 106 Å². The smallest absolute Gasteiger partial charge is 0.407 e. The van der Waals surface area contributed by atoms with Gasteiger partial charge in [0.1, 0.15) is 17.2 Å². The van der Waals surface area contributed by atoms with Crippen molar-refractivity contribution in [1.82, 2.24) is 0 Å². The van der Waals surface area contributed by atoms with Crippen molar-refractivity contribution in [1.29, 1.82) is 0 Å². The van der Waals surface area contributed by atoms with Crippen LogP contribution < -0.4 is 30.8 Å². The third kappa shape index (κ3) is 4.81. The van der Waals surface area contributed by atoms with Crippen LogP contribution in [0.3, 0.4) is 0 Å². The Labute approximate surface area is 156 Å². The molecule has 8 heteroatoms. The third-order valence-electron chi connectivity index (χ3n) is 3.29. The summed E-state index contributed by atoms with van der Waals surface area (Å²) in [6.45, 7) is -3.22. The SMILES string of the molecule is Nc1ccc(OP(=S)(Oc2ccc(N)cc2)Oc2ccc(N)cc2)cc1. The van der Waals surface area contributed by atoms with E-state index in [4.69, 9.17) is 42.6 Å². The Morgan fingerprint density at radius 1 is 0.500 bits per heavy atom. The first-order chi connectivity index (χ1) is 12.4. The molecule has 0 heterocycles. The van der Waals surface area contributed by atoms with Gasteiger partial charge >= 0.3 is 6.72 Å². The Balaban J connectivity index is 1.88. The number of rotatable bonds is 6. The van der Waals surface area contributed by atoms with Crippen LogP contribution in [0.25, 0.3) is 0 Å². The first-order valence-corrected chi connectivity index (χ1v) is 10.2. The molecule has 6 nitrogen and oxygen atoms in total. The lowest BCUT2D eigenvalue weighted by atomic mass is 10.3. The highest BCUT2D eigenvalue weighted by atomic mass is 32.5. The molecule has 0 aliphatic rings. The molecule has 0 bridgehead atoms. The van der Waals surface area contributed by atoms with E-state index in [1.54, 1.807) is 72.8 Å². The van der Waals surface area contributed by atoms with Crippen LogP contribution in [0.1, 0.15) is 0 Å². The van der Waals surface area contributed by atoms with Crippen molar-refractivity contribution in [3.8, 4) is 17.2 Å². The van der Waals surface area contributed by atoms with Crippen molar-refractivity contribution in [2.75, 3.05) is 17.2 Å². The molecule has 3 rings (SSSR count). The molecule has 26 heavy (non-hydrogen) atoms. The van der Waals surface area contributed by atoms with Gasteiger partial charge in [-0.05, 0) is 72.8 Å². The molecule has 3 aromatic rings. The summed E-state index contributed by atoms with van der Waals surface area (Å²) in [6.07, 6.45) is 0. The van der Waals surface area contributed by atoms with Gasteiger partial charge in [0.15, 0.2) is 0 Å². The highest BCUT2D eigenvalue weighted by molar-refractivity contribution is 8.08. The van der Waals surface area contributed by atoms with Gasteiger partial charge in [0.2, 0.25) is 0 Å². The second kappa shape index (κ2) is 7.56. The average molecular weight is 387 g/mol. The summed E-state index contributed by atoms with van der Waals surface area (Å²) in [5.74, 6) is 1.48. The predicted octanol–water partition coefficient (Wildman–Crippen LogP) is 4.19. The molecule has 0 aliphatic carbocycles. The van der Waals surface area contributed by atoms with Crippen LogP contribution >= 0.6 is 6.72 Å². The highest BCUT2D eigenvalue weighted by Crippen LogP contribution is 2.50. The van der Waals surface area contributed by atoms with E-state index in [2.05, 4.69) is 0 Å². The Hall–Kier alpha value is -2.89. The van der Waals surface area contributed by atoms with Crippen LogP contribution in [0.2, 0.25) is 0 Å². The van der Waals surface area contributed by atoms with E-state index in [9.17, 15) is 0 Å². The van der Waals surface area contributed by atoms with Crippen molar-refractivity contribution in [3.05, 3.63) is 72.8 Å². The van der Waals surface area contributed by atoms with Crippen molar-refractivity contribution >= 4 is 35.6 Å². The Kier molecular flexibility index (Phi) is 5.21. The Bertz CT molecular complexity index is 793. The number of anilines is 3. The number of nitrogen functional groups attached to an aromatic ring is 3. The van der Waals surface area contributed by atoms with E-state index in [0.717, 1.165) is 0 Å². The zero-order valence-corrected chi connectivity index (χ0v) is 15.5. The summed E-state index contributed by atoms with van der Waals surface area (Å²) >= 11 is 5.60. The summed E-state index contributed by atoms with van der Waals surface area (Å²) < 4.78 is 17.7. The number of hydrogen-bond donors (Lipinski definition) is 3. The van der Waals surface area contributed by atoms with Gasteiger partial charge in [-0.3, -0.25) is 0 Å². The lowest BCUT2D eigenvalue weighted by molar-refractivity contribution is 0.384. The molecule has 134 valence electrons. The maximum Gasteiger partial charge on any atom is 0.490 e. The molecular weight excluding hydrogens is 369 g/mol. The number of hydrogen-bond acceptors (Lipinski definition) is 7. The fourth-order valence-corrected chi connectivity index (χ4v) is 4.06. The molecule has 0 spiro atoms. The number of nitrogens with two attached hydrogens (primary N) is 3. The second-order valence-electron chi connectivity index (χ2n) is 5.43. The molecule has 0 aromatic heterocycles. The molecule has 0 atom stereocenters. The number of benzene rings is 3. The van der Waals surface area contributed by atoms with E-state index in [1.165, 1.54) is 0 Å². The quantitative estimate of drug-likeness (QED) is 0.430. The normalized spacial score (nSPS) is 10.9. The van der Waals surface area contributed by atoms with Crippen molar-refractivity contribution in [2.24, 2.45) is 0 Å². The second-order valence-corrected chi connectivity index (χ2v) is 8.21. The minimum atomic E-state index is -3.22. The summed E-state index contributed by atoms with van der Waals surface area (Å²) in [6, 6.07) is 20.5. The van der Waals surface area contributed by atoms with Gasteiger partial charge in [-0.25, -0.2) is 0 Å². The van der Waals surface area contributed by atoms with Crippen molar-refractivity contribution in [2.45, 2.75) is 0 Å². The lowest BCUT2D eigenvalue weighted by Gasteiger charge is -2.23. The molecule has 0 fully saturated rings. The molecule has 0 saturated carbocycles. The molecule has 0 radical (unpaired) electrons. The van der Waals surface area contributed by atoms with E-state index in [1.807, 2.05) is 0 Å². The maximum atomic E-state index is 5.89. The fraction of sp³-hybridized carbons (Fsp3) is 0. The fourth-order valence-electron chi connectivity index (χ4n) is 2.03. The van der Waals surface area contributed by atoms with E-state index < -0.39 is 6.72 Å². The maximum absolute atomic E-state index is 5.89. The van der Waals surface area contributed by atoms with Gasteiger partial charge < -0.3 is 30.8 Å². The summed E-state index contributed by atoms with van der Waals surface area (Å²) in [4.78, 5) is 0. The summed E-state index contributed by atoms with van der Waals surface area (Å²) in [7, 11) is 0. The largest absolute Gasteiger partial charge is 0.490 e. The van der Waals surface area contributed by atoms with Gasteiger partial charge in [0.05, 0.1) is 0 Å². The Morgan fingerprint density at radius 2 is 0.731 bits per heavy atom. The van der Waals surface area contributed by atoms with E-state index >= 15 is 0 Å². The van der Waals surface area contributed by atoms with Crippen LogP contribution in [0, 0.1) is 0 Å². The Morgan fingerprint density at radius 3 is 0.962 bits per heavy atom. The highest BCUT2D eigenvalue weighted by Gasteiger charge is 2.26. The van der Waals surface area contributed by atoms with Crippen LogP contribution in [0.15, 0.2) is 72.8 Å². The zero-order valence-electron chi connectivity index (χ0n) is 13.7. The molecule has 0 aliphatic heterocycles. The van der Waals surface area contributed by atoms with E-state index in [-0.39, 0.29) is 0 Å². The monoisotopic (exact) mass is 387 g/mol. The van der Waals surface area contributed by atoms with Gasteiger partial charge in [-0.1, -0.05) is 0 Å². The van der Waals surface area contributed by atoms with Crippen molar-refractivity contribution < 1.29 is 13.6 Å². The van der Waals surface area contributed by atoms with Crippen LogP contribution in [0.5, 0.6) is 17.2 Å². The minimum absolute atomic E-state index is 0.494. The van der Waals surface area contributed by atoms with Gasteiger partial charge in [0.25, 0.3) is 0 Å². The van der Waals surface area contributed by atoms with Gasteiger partial charge in [-0.2, -0.15) is 0 Å². The average Bonchev–Trinajstić information content (AvgIpc) is 2.61. The van der Waals surface area contributed by atoms with Crippen LogP contribution in [-0.2, 0) is 11.8 Å². The summed E-state index contributed by atoms with van der Waals surface area (Å²) in [5, 5.41) is 0. The molecule has 0 amide bonds. The van der Waals surface area contributed by atoms with Crippen LogP contribution in [0.4, 0.5) is 17.1 Å². The third-order valence-corrected chi connectivity index (χ3v) is 5.27. The predicted molar refractivity (Wildman–Crippen MR) is 109 cm³/mol. The minimum Gasteiger partial charge on any atom is -0.407 e. The first-order valence-electron chi connectivity index (χ1n) is 7.67. The molecule has 0 saturated heterocycles. The molecule has 0 unspecified atom stereocenters. The lowest BCUT2D eigenvalue weighted by Crippen LogP contribution is -2.07. The molecule has 6 N–H and O–H groups in total. The van der Waals surface area contributed by atoms with Gasteiger partial charge in [0, 0.05) is 28.9 Å². The van der Waals surface area contributed by atoms with E-state index in [0.29, 0.717) is 34.3 Å². The zero-order chi connectivity index (χ0) is 18.6. The van der Waals surface area contributed by atoms with Crippen LogP contribution in [-0.4, -0.2) is 0 Å². The van der Waals surface area contributed by atoms with Gasteiger partial charge in [-0.15, -0.1) is 0 Å². The van der Waals surface area contributed by atoms with Crippen molar-refractivity contribution in [3.63, 3.8) is 0 Å². The molecular formula is C18H18N3O3PS. The molecule has 3 aromatic carbocycles. The first kappa shape index (κ1) is 17.9.